The summed E-state index contributed by atoms with van der Waals surface area (Å²) in [6.07, 6.45) is 0.594. The molecule has 0 spiro atoms. The number of urea groups is 1. The van der Waals surface area contributed by atoms with Crippen molar-refractivity contribution in [3.05, 3.63) is 30.1 Å². The van der Waals surface area contributed by atoms with Gasteiger partial charge in [0.05, 0.1) is 5.69 Å². The fourth-order valence-electron chi connectivity index (χ4n) is 1.78. The highest BCUT2D eigenvalue weighted by molar-refractivity contribution is 6.15. The van der Waals surface area contributed by atoms with Crippen molar-refractivity contribution < 1.29 is 14.0 Å². The maximum atomic E-state index is 13.1. The summed E-state index contributed by atoms with van der Waals surface area (Å²) in [6, 6.07) is 4.96. The van der Waals surface area contributed by atoms with Crippen molar-refractivity contribution in [3.8, 4) is 0 Å². The second kappa shape index (κ2) is 4.53. The third-order valence-electron chi connectivity index (χ3n) is 2.77. The summed E-state index contributed by atoms with van der Waals surface area (Å²) in [7, 11) is 0. The SMILES string of the molecule is CC1CCNC(=O)N(c2cccc(F)c2)C1=O. The molecule has 90 valence electrons. The molecule has 1 aromatic carbocycles. The van der Waals surface area contributed by atoms with Crippen LogP contribution in [0.2, 0.25) is 0 Å². The molecule has 1 aliphatic rings. The minimum Gasteiger partial charge on any atom is -0.337 e. The van der Waals surface area contributed by atoms with E-state index in [1.54, 1.807) is 13.0 Å². The molecular formula is C12H13FN2O2. The molecule has 0 bridgehead atoms. The molecule has 2 rings (SSSR count). The summed E-state index contributed by atoms with van der Waals surface area (Å²) in [6.45, 7) is 2.21. The lowest BCUT2D eigenvalue weighted by Crippen LogP contribution is -2.42. The quantitative estimate of drug-likeness (QED) is 0.809. The van der Waals surface area contributed by atoms with Crippen LogP contribution >= 0.6 is 0 Å². The number of halogens is 1. The molecule has 0 aromatic heterocycles. The van der Waals surface area contributed by atoms with Crippen LogP contribution in [0.5, 0.6) is 0 Å². The van der Waals surface area contributed by atoms with Crippen LogP contribution in [0, 0.1) is 11.7 Å². The third-order valence-corrected chi connectivity index (χ3v) is 2.77. The van der Waals surface area contributed by atoms with E-state index in [1.165, 1.54) is 18.2 Å². The van der Waals surface area contributed by atoms with Gasteiger partial charge in [-0.2, -0.15) is 0 Å². The van der Waals surface area contributed by atoms with Crippen LogP contribution in [0.4, 0.5) is 14.9 Å². The van der Waals surface area contributed by atoms with Crippen LogP contribution in [0.25, 0.3) is 0 Å². The van der Waals surface area contributed by atoms with Gasteiger partial charge < -0.3 is 5.32 Å². The Balaban J connectivity index is 2.39. The first-order valence-electron chi connectivity index (χ1n) is 5.47. The van der Waals surface area contributed by atoms with E-state index in [0.717, 1.165) is 4.90 Å². The van der Waals surface area contributed by atoms with Gasteiger partial charge in [-0.05, 0) is 24.6 Å². The van der Waals surface area contributed by atoms with Gasteiger partial charge in [-0.25, -0.2) is 14.1 Å². The first kappa shape index (κ1) is 11.6. The van der Waals surface area contributed by atoms with Crippen molar-refractivity contribution in [1.82, 2.24) is 5.32 Å². The Bertz CT molecular complexity index is 462. The highest BCUT2D eigenvalue weighted by atomic mass is 19.1. The fraction of sp³-hybridized carbons (Fsp3) is 0.333. The van der Waals surface area contributed by atoms with Crippen LogP contribution in [0.15, 0.2) is 24.3 Å². The molecule has 0 radical (unpaired) electrons. The van der Waals surface area contributed by atoms with Gasteiger partial charge in [-0.1, -0.05) is 13.0 Å². The number of amides is 3. The van der Waals surface area contributed by atoms with E-state index in [0.29, 0.717) is 13.0 Å². The minimum atomic E-state index is -0.495. The number of hydrogen-bond acceptors (Lipinski definition) is 2. The zero-order chi connectivity index (χ0) is 12.4. The summed E-state index contributed by atoms with van der Waals surface area (Å²) in [5.41, 5.74) is 0.265. The number of nitrogens with one attached hydrogen (secondary N) is 1. The molecule has 1 heterocycles. The van der Waals surface area contributed by atoms with Gasteiger partial charge in [0.25, 0.3) is 0 Å². The first-order valence-corrected chi connectivity index (χ1v) is 5.47. The van der Waals surface area contributed by atoms with Crippen LogP contribution < -0.4 is 10.2 Å². The van der Waals surface area contributed by atoms with Crippen molar-refractivity contribution in [2.75, 3.05) is 11.4 Å². The fourth-order valence-corrected chi connectivity index (χ4v) is 1.78. The van der Waals surface area contributed by atoms with E-state index in [4.69, 9.17) is 0 Å². The minimum absolute atomic E-state index is 0.253. The molecule has 1 aromatic rings. The number of nitrogens with zero attached hydrogens (tertiary/aromatic N) is 1. The second-order valence-corrected chi connectivity index (χ2v) is 4.08. The maximum absolute atomic E-state index is 13.1. The molecule has 1 N–H and O–H groups in total. The lowest BCUT2D eigenvalue weighted by atomic mass is 10.1. The molecular weight excluding hydrogens is 223 g/mol. The van der Waals surface area contributed by atoms with Crippen molar-refractivity contribution in [1.29, 1.82) is 0 Å². The van der Waals surface area contributed by atoms with Gasteiger partial charge in [-0.3, -0.25) is 4.79 Å². The van der Waals surface area contributed by atoms with E-state index in [2.05, 4.69) is 5.32 Å². The zero-order valence-corrected chi connectivity index (χ0v) is 9.44. The number of anilines is 1. The highest BCUT2D eigenvalue weighted by Crippen LogP contribution is 2.21. The largest absolute Gasteiger partial charge is 0.337 e. The lowest BCUT2D eigenvalue weighted by Gasteiger charge is -2.20. The van der Waals surface area contributed by atoms with E-state index in [1.807, 2.05) is 0 Å². The average molecular weight is 236 g/mol. The summed E-state index contributed by atoms with van der Waals surface area (Å²) in [5.74, 6) is -1.03. The van der Waals surface area contributed by atoms with Crippen LogP contribution in [0.3, 0.4) is 0 Å². The molecule has 4 nitrogen and oxygen atoms in total. The maximum Gasteiger partial charge on any atom is 0.328 e. The number of hydrogen-bond donors (Lipinski definition) is 1. The number of imide groups is 1. The number of carbonyl (C=O) groups excluding carboxylic acids is 2. The summed E-state index contributed by atoms with van der Waals surface area (Å²) >= 11 is 0. The lowest BCUT2D eigenvalue weighted by molar-refractivity contribution is -0.121. The molecule has 1 saturated heterocycles. The summed E-state index contributed by atoms with van der Waals surface area (Å²) in [4.78, 5) is 24.8. The molecule has 5 heteroatoms. The van der Waals surface area contributed by atoms with Crippen molar-refractivity contribution in [3.63, 3.8) is 0 Å². The summed E-state index contributed by atoms with van der Waals surface area (Å²) < 4.78 is 13.1. The Kier molecular flexibility index (Phi) is 3.08. The van der Waals surface area contributed by atoms with Crippen LogP contribution in [0.1, 0.15) is 13.3 Å². The number of carbonyl (C=O) groups is 2. The third kappa shape index (κ3) is 2.27. The number of rotatable bonds is 1. The average Bonchev–Trinajstić information content (AvgIpc) is 2.40. The van der Waals surface area contributed by atoms with E-state index < -0.39 is 11.8 Å². The Morgan fingerprint density at radius 2 is 2.18 bits per heavy atom. The molecule has 1 aliphatic heterocycles. The van der Waals surface area contributed by atoms with Gasteiger partial charge in [0.2, 0.25) is 5.91 Å². The second-order valence-electron chi connectivity index (χ2n) is 4.08. The Morgan fingerprint density at radius 3 is 2.88 bits per heavy atom. The molecule has 0 saturated carbocycles. The summed E-state index contributed by atoms with van der Waals surface area (Å²) in [5, 5.41) is 2.62. The topological polar surface area (TPSA) is 49.4 Å². The Morgan fingerprint density at radius 1 is 1.41 bits per heavy atom. The van der Waals surface area contributed by atoms with Crippen LogP contribution in [-0.4, -0.2) is 18.5 Å². The van der Waals surface area contributed by atoms with E-state index in [9.17, 15) is 14.0 Å². The van der Waals surface area contributed by atoms with Gasteiger partial charge in [0.15, 0.2) is 0 Å². The smallest absolute Gasteiger partial charge is 0.328 e. The Labute approximate surface area is 98.4 Å². The van der Waals surface area contributed by atoms with Crippen molar-refractivity contribution >= 4 is 17.6 Å². The predicted molar refractivity (Wildman–Crippen MR) is 61.1 cm³/mol. The number of benzene rings is 1. The van der Waals surface area contributed by atoms with Crippen molar-refractivity contribution in [2.24, 2.45) is 5.92 Å². The molecule has 0 aliphatic carbocycles. The molecule has 1 atom stereocenters. The normalized spacial score (nSPS) is 21.1. The van der Waals surface area contributed by atoms with Crippen molar-refractivity contribution in [2.45, 2.75) is 13.3 Å². The monoisotopic (exact) mass is 236 g/mol. The Hall–Kier alpha value is -1.91. The molecule has 3 amide bonds. The van der Waals surface area contributed by atoms with E-state index in [-0.39, 0.29) is 17.5 Å². The molecule has 17 heavy (non-hydrogen) atoms. The first-order chi connectivity index (χ1) is 8.09. The van der Waals surface area contributed by atoms with Gasteiger partial charge >= 0.3 is 6.03 Å². The van der Waals surface area contributed by atoms with E-state index >= 15 is 0 Å². The van der Waals surface area contributed by atoms with Crippen LogP contribution in [-0.2, 0) is 4.79 Å². The van der Waals surface area contributed by atoms with Gasteiger partial charge in [0, 0.05) is 12.5 Å². The zero-order valence-electron chi connectivity index (χ0n) is 9.44. The molecule has 1 fully saturated rings. The highest BCUT2D eigenvalue weighted by Gasteiger charge is 2.30. The standard InChI is InChI=1S/C12H13FN2O2/c1-8-5-6-14-12(17)15(11(8)16)10-4-2-3-9(13)7-10/h2-4,7-8H,5-6H2,1H3,(H,14,17). The molecule has 1 unspecified atom stereocenters. The van der Waals surface area contributed by atoms with Gasteiger partial charge in [-0.15, -0.1) is 0 Å². The predicted octanol–water partition coefficient (Wildman–Crippen LogP) is 1.91. The van der Waals surface area contributed by atoms with Gasteiger partial charge in [0.1, 0.15) is 5.82 Å².